The van der Waals surface area contributed by atoms with E-state index in [0.717, 1.165) is 16.9 Å². The molecule has 0 unspecified atom stereocenters. The molecule has 0 aliphatic heterocycles. The molecule has 0 aromatic heterocycles. The fourth-order valence-electron chi connectivity index (χ4n) is 2.11. The van der Waals surface area contributed by atoms with E-state index in [-0.39, 0.29) is 5.91 Å². The van der Waals surface area contributed by atoms with Gasteiger partial charge in [-0.2, -0.15) is 0 Å². The van der Waals surface area contributed by atoms with Gasteiger partial charge in [-0.15, -0.1) is 0 Å². The zero-order valence-electron chi connectivity index (χ0n) is 12.3. The second-order valence-corrected chi connectivity index (χ2v) is 4.92. The van der Waals surface area contributed by atoms with Crippen LogP contribution in [0.25, 0.3) is 0 Å². The first-order chi connectivity index (χ1) is 10.2. The topological polar surface area (TPSA) is 58.4 Å². The van der Waals surface area contributed by atoms with Gasteiger partial charge in [-0.25, -0.2) is 0 Å². The van der Waals surface area contributed by atoms with Crippen LogP contribution in [0.2, 0.25) is 0 Å². The highest BCUT2D eigenvalue weighted by molar-refractivity contribution is 5.91. The molecule has 1 amide bonds. The number of para-hydroxylation sites is 2. The number of amides is 1. The number of benzene rings is 2. The van der Waals surface area contributed by atoms with Gasteiger partial charge in [0.2, 0.25) is 5.91 Å². The van der Waals surface area contributed by atoms with Crippen LogP contribution in [-0.4, -0.2) is 19.5 Å². The molecule has 0 atom stereocenters. The molecule has 0 bridgehead atoms. The minimum absolute atomic E-state index is 0.00122. The maximum Gasteiger partial charge on any atom is 0.226 e. The van der Waals surface area contributed by atoms with Crippen molar-refractivity contribution in [3.8, 4) is 0 Å². The molecule has 4 nitrogen and oxygen atoms in total. The van der Waals surface area contributed by atoms with Crippen molar-refractivity contribution in [1.29, 1.82) is 0 Å². The average Bonchev–Trinajstić information content (AvgIpc) is 2.54. The Morgan fingerprint density at radius 2 is 1.76 bits per heavy atom. The summed E-state index contributed by atoms with van der Waals surface area (Å²) in [6.45, 7) is 1.08. The lowest BCUT2D eigenvalue weighted by Crippen LogP contribution is -2.24. The van der Waals surface area contributed by atoms with Crippen LogP contribution in [0, 0.1) is 0 Å². The van der Waals surface area contributed by atoms with Crippen LogP contribution in [-0.2, 0) is 11.3 Å². The third-order valence-electron chi connectivity index (χ3n) is 3.38. The second kappa shape index (κ2) is 7.45. The summed E-state index contributed by atoms with van der Waals surface area (Å²) in [6, 6.07) is 17.6. The third-order valence-corrected chi connectivity index (χ3v) is 3.38. The number of carbonyl (C=O) groups excluding carboxylic acids is 1. The van der Waals surface area contributed by atoms with Gasteiger partial charge in [-0.1, -0.05) is 36.4 Å². The van der Waals surface area contributed by atoms with E-state index in [9.17, 15) is 4.79 Å². The van der Waals surface area contributed by atoms with Crippen LogP contribution < -0.4 is 16.0 Å². The first-order valence-electron chi connectivity index (χ1n) is 7.04. The zero-order chi connectivity index (χ0) is 15.1. The van der Waals surface area contributed by atoms with E-state index in [1.54, 1.807) is 0 Å². The number of nitrogens with zero attached hydrogens (tertiary/aromatic N) is 1. The van der Waals surface area contributed by atoms with E-state index in [0.29, 0.717) is 19.5 Å². The van der Waals surface area contributed by atoms with Crippen molar-refractivity contribution in [2.45, 2.75) is 13.0 Å². The Morgan fingerprint density at radius 3 is 2.48 bits per heavy atom. The van der Waals surface area contributed by atoms with Crippen molar-refractivity contribution < 1.29 is 4.79 Å². The minimum atomic E-state index is -0.00122. The Balaban J connectivity index is 1.88. The second-order valence-electron chi connectivity index (χ2n) is 4.92. The molecule has 3 N–H and O–H groups in total. The number of hydrogen-bond donors (Lipinski definition) is 2. The van der Waals surface area contributed by atoms with Crippen LogP contribution in [0.4, 0.5) is 11.4 Å². The predicted molar refractivity (Wildman–Crippen MR) is 87.3 cm³/mol. The molecule has 0 aliphatic rings. The molecule has 2 rings (SSSR count). The molecular weight excluding hydrogens is 262 g/mol. The van der Waals surface area contributed by atoms with Crippen LogP contribution in [0.15, 0.2) is 54.6 Å². The summed E-state index contributed by atoms with van der Waals surface area (Å²) in [4.78, 5) is 14.1. The molecule has 0 saturated heterocycles. The van der Waals surface area contributed by atoms with Gasteiger partial charge in [0.25, 0.3) is 0 Å². The van der Waals surface area contributed by atoms with Gasteiger partial charge < -0.3 is 16.0 Å². The average molecular weight is 283 g/mol. The maximum atomic E-state index is 12.0. The summed E-state index contributed by atoms with van der Waals surface area (Å²) in [5.41, 5.74) is 8.51. The SMILES string of the molecule is CN(CCC(=O)Nc1ccccc1CN)c1ccccc1. The van der Waals surface area contributed by atoms with Crippen molar-refractivity contribution in [3.63, 3.8) is 0 Å². The summed E-state index contributed by atoms with van der Waals surface area (Å²) >= 11 is 0. The number of carbonyl (C=O) groups is 1. The molecule has 2 aromatic rings. The van der Waals surface area contributed by atoms with Crippen LogP contribution >= 0.6 is 0 Å². The highest BCUT2D eigenvalue weighted by atomic mass is 16.1. The summed E-state index contributed by atoms with van der Waals surface area (Å²) in [5, 5.41) is 2.92. The molecular formula is C17H21N3O. The fraction of sp³-hybridized carbons (Fsp3) is 0.235. The van der Waals surface area contributed by atoms with Crippen molar-refractivity contribution in [3.05, 3.63) is 60.2 Å². The Morgan fingerprint density at radius 1 is 1.10 bits per heavy atom. The van der Waals surface area contributed by atoms with E-state index in [1.807, 2.05) is 61.6 Å². The lowest BCUT2D eigenvalue weighted by atomic mass is 10.1. The summed E-state index contributed by atoms with van der Waals surface area (Å²) in [5.74, 6) is -0.00122. The molecule has 2 aromatic carbocycles. The molecule has 0 fully saturated rings. The summed E-state index contributed by atoms with van der Waals surface area (Å²) in [6.07, 6.45) is 0.435. The predicted octanol–water partition coefficient (Wildman–Crippen LogP) is 2.61. The number of rotatable bonds is 6. The Bertz CT molecular complexity index is 584. The molecule has 0 saturated carbocycles. The highest BCUT2D eigenvalue weighted by Gasteiger charge is 2.07. The van der Waals surface area contributed by atoms with Gasteiger partial charge in [-0.05, 0) is 23.8 Å². The fourth-order valence-corrected chi connectivity index (χ4v) is 2.11. The van der Waals surface area contributed by atoms with Crippen molar-refractivity contribution in [1.82, 2.24) is 0 Å². The van der Waals surface area contributed by atoms with Gasteiger partial charge in [-0.3, -0.25) is 4.79 Å². The van der Waals surface area contributed by atoms with Gasteiger partial charge in [0.05, 0.1) is 0 Å². The number of anilines is 2. The minimum Gasteiger partial charge on any atom is -0.374 e. The molecule has 4 heteroatoms. The van der Waals surface area contributed by atoms with E-state index in [1.165, 1.54) is 0 Å². The molecule has 0 heterocycles. The van der Waals surface area contributed by atoms with E-state index < -0.39 is 0 Å². The highest BCUT2D eigenvalue weighted by Crippen LogP contribution is 2.15. The summed E-state index contributed by atoms with van der Waals surface area (Å²) in [7, 11) is 1.98. The third kappa shape index (κ3) is 4.33. The van der Waals surface area contributed by atoms with Gasteiger partial charge >= 0.3 is 0 Å². The maximum absolute atomic E-state index is 12.0. The summed E-state index contributed by atoms with van der Waals surface area (Å²) < 4.78 is 0. The van der Waals surface area contributed by atoms with E-state index in [4.69, 9.17) is 5.73 Å². The number of nitrogens with two attached hydrogens (primary N) is 1. The van der Waals surface area contributed by atoms with Gasteiger partial charge in [0.15, 0.2) is 0 Å². The quantitative estimate of drug-likeness (QED) is 0.856. The lowest BCUT2D eigenvalue weighted by Gasteiger charge is -2.19. The Hall–Kier alpha value is -2.33. The van der Waals surface area contributed by atoms with Crippen LogP contribution in [0.3, 0.4) is 0 Å². The molecule has 0 radical (unpaired) electrons. The molecule has 0 aliphatic carbocycles. The number of hydrogen-bond acceptors (Lipinski definition) is 3. The van der Waals surface area contributed by atoms with E-state index >= 15 is 0 Å². The van der Waals surface area contributed by atoms with Gasteiger partial charge in [0, 0.05) is 37.9 Å². The molecule has 110 valence electrons. The molecule has 0 spiro atoms. The van der Waals surface area contributed by atoms with Crippen LogP contribution in [0.5, 0.6) is 0 Å². The van der Waals surface area contributed by atoms with Crippen molar-refractivity contribution in [2.24, 2.45) is 5.73 Å². The first kappa shape index (κ1) is 15.1. The smallest absolute Gasteiger partial charge is 0.226 e. The standard InChI is InChI=1S/C17H21N3O/c1-20(15-8-3-2-4-9-15)12-11-17(21)19-16-10-6-5-7-14(16)13-18/h2-10H,11-13,18H2,1H3,(H,19,21). The van der Waals surface area contributed by atoms with Crippen molar-refractivity contribution >= 4 is 17.3 Å². The Labute approximate surface area is 125 Å². The normalized spacial score (nSPS) is 10.2. The zero-order valence-corrected chi connectivity index (χ0v) is 12.3. The van der Waals surface area contributed by atoms with Gasteiger partial charge in [0.1, 0.15) is 0 Å². The number of nitrogens with one attached hydrogen (secondary N) is 1. The van der Waals surface area contributed by atoms with Crippen molar-refractivity contribution in [2.75, 3.05) is 23.8 Å². The monoisotopic (exact) mass is 283 g/mol. The lowest BCUT2D eigenvalue weighted by molar-refractivity contribution is -0.116. The Kier molecular flexibility index (Phi) is 5.35. The largest absolute Gasteiger partial charge is 0.374 e. The molecule has 21 heavy (non-hydrogen) atoms. The first-order valence-corrected chi connectivity index (χ1v) is 7.04. The van der Waals surface area contributed by atoms with Crippen LogP contribution in [0.1, 0.15) is 12.0 Å². The van der Waals surface area contributed by atoms with E-state index in [2.05, 4.69) is 10.2 Å².